The van der Waals surface area contributed by atoms with Crippen LogP contribution in [0.3, 0.4) is 0 Å². The van der Waals surface area contributed by atoms with E-state index in [1.165, 1.54) is 23.9 Å². The highest BCUT2D eigenvalue weighted by atomic mass is 32.2. The summed E-state index contributed by atoms with van der Waals surface area (Å²) in [5.41, 5.74) is 0.799. The van der Waals surface area contributed by atoms with E-state index >= 15 is 0 Å². The molecule has 0 aliphatic rings. The van der Waals surface area contributed by atoms with Gasteiger partial charge in [-0.05, 0) is 24.0 Å². The predicted molar refractivity (Wildman–Crippen MR) is 62.5 cm³/mol. The van der Waals surface area contributed by atoms with E-state index < -0.39 is 0 Å². The number of phenolic OH excluding ortho intramolecular Hbond substituents is 1. The van der Waals surface area contributed by atoms with E-state index in [2.05, 4.69) is 4.99 Å². The smallest absolute Gasteiger partial charge is 0.235 e. The van der Waals surface area contributed by atoms with Crippen LogP contribution >= 0.6 is 11.8 Å². The number of aliphatic imine (C=N–C) groups is 1. The third-order valence-electron chi connectivity index (χ3n) is 1.84. The zero-order valence-corrected chi connectivity index (χ0v) is 9.52. The second-order valence-electron chi connectivity index (χ2n) is 2.95. The Morgan fingerprint density at radius 2 is 2.12 bits per heavy atom. The molecule has 1 aromatic rings. The van der Waals surface area contributed by atoms with Gasteiger partial charge in [0.25, 0.3) is 0 Å². The molecule has 0 fully saturated rings. The first kappa shape index (κ1) is 12.5. The molecule has 0 aromatic heterocycles. The second kappa shape index (κ2) is 6.14. The lowest BCUT2D eigenvalue weighted by Crippen LogP contribution is -2.24. The summed E-state index contributed by atoms with van der Waals surface area (Å²) in [7, 11) is 0. The summed E-state index contributed by atoms with van der Waals surface area (Å²) < 4.78 is 0. The Morgan fingerprint density at radius 1 is 1.50 bits per heavy atom. The molecular formula is C10H12N2O3S. The van der Waals surface area contributed by atoms with Crippen LogP contribution in [-0.4, -0.2) is 33.2 Å². The van der Waals surface area contributed by atoms with E-state index in [1.807, 2.05) is 0 Å². The lowest BCUT2D eigenvalue weighted by atomic mass is 10.2. The van der Waals surface area contributed by atoms with Crippen molar-refractivity contribution in [3.8, 4) is 5.75 Å². The molecule has 0 unspecified atom stereocenters. The molecule has 0 radical (unpaired) electrons. The monoisotopic (exact) mass is 240 g/mol. The van der Waals surface area contributed by atoms with Crippen LogP contribution in [0.25, 0.3) is 0 Å². The Bertz CT molecular complexity index is 378. The lowest BCUT2D eigenvalue weighted by Gasteiger charge is -2.16. The Balaban J connectivity index is 2.69. The van der Waals surface area contributed by atoms with Crippen LogP contribution in [0.15, 0.2) is 29.3 Å². The van der Waals surface area contributed by atoms with Crippen molar-refractivity contribution in [3.05, 3.63) is 29.8 Å². The van der Waals surface area contributed by atoms with Gasteiger partial charge in [-0.2, -0.15) is 4.99 Å². The second-order valence-corrected chi connectivity index (χ2v) is 3.72. The number of thioether (sulfide) groups is 1. The molecule has 86 valence electrons. The van der Waals surface area contributed by atoms with Crippen LogP contribution in [0.5, 0.6) is 5.75 Å². The number of carbonyl (C=O) groups excluding carboxylic acids is 1. The number of benzene rings is 1. The van der Waals surface area contributed by atoms with Crippen molar-refractivity contribution < 1.29 is 15.1 Å². The van der Waals surface area contributed by atoms with Gasteiger partial charge < -0.3 is 5.11 Å². The number of amidine groups is 1. The maximum absolute atomic E-state index is 10.2. The van der Waals surface area contributed by atoms with Crippen molar-refractivity contribution in [1.29, 1.82) is 0 Å². The SMILES string of the molecule is CSC(=NC=O)N(O)Cc1ccc(O)cc1. The molecule has 0 atom stereocenters. The van der Waals surface area contributed by atoms with Gasteiger partial charge in [0, 0.05) is 0 Å². The minimum atomic E-state index is 0.167. The van der Waals surface area contributed by atoms with Gasteiger partial charge in [0.15, 0.2) is 5.17 Å². The van der Waals surface area contributed by atoms with Gasteiger partial charge in [-0.1, -0.05) is 23.9 Å². The van der Waals surface area contributed by atoms with Gasteiger partial charge in [0.05, 0.1) is 6.54 Å². The van der Waals surface area contributed by atoms with E-state index in [0.29, 0.717) is 6.41 Å². The fourth-order valence-corrected chi connectivity index (χ4v) is 1.54. The van der Waals surface area contributed by atoms with E-state index in [-0.39, 0.29) is 17.5 Å². The van der Waals surface area contributed by atoms with E-state index in [1.54, 1.807) is 18.4 Å². The number of amides is 1. The lowest BCUT2D eigenvalue weighted by molar-refractivity contribution is -0.107. The van der Waals surface area contributed by atoms with Crippen molar-refractivity contribution in [3.63, 3.8) is 0 Å². The molecule has 0 aliphatic carbocycles. The molecule has 5 nitrogen and oxygen atoms in total. The number of hydrogen-bond donors (Lipinski definition) is 2. The maximum atomic E-state index is 10.2. The van der Waals surface area contributed by atoms with Crippen molar-refractivity contribution in [1.82, 2.24) is 5.06 Å². The predicted octanol–water partition coefficient (Wildman–Crippen LogP) is 1.46. The van der Waals surface area contributed by atoms with Crippen LogP contribution in [0, 0.1) is 0 Å². The Labute approximate surface area is 97.4 Å². The molecule has 1 amide bonds. The highest BCUT2D eigenvalue weighted by Crippen LogP contribution is 2.12. The highest BCUT2D eigenvalue weighted by molar-refractivity contribution is 8.13. The molecule has 0 heterocycles. The normalized spacial score (nSPS) is 11.2. The topological polar surface area (TPSA) is 73.1 Å². The third kappa shape index (κ3) is 3.56. The summed E-state index contributed by atoms with van der Waals surface area (Å²) in [5.74, 6) is 0.167. The van der Waals surface area contributed by atoms with E-state index in [0.717, 1.165) is 10.6 Å². The van der Waals surface area contributed by atoms with Crippen molar-refractivity contribution in [2.45, 2.75) is 6.54 Å². The van der Waals surface area contributed by atoms with Gasteiger partial charge >= 0.3 is 0 Å². The number of phenols is 1. The molecule has 6 heteroatoms. The van der Waals surface area contributed by atoms with Crippen LogP contribution < -0.4 is 0 Å². The van der Waals surface area contributed by atoms with Crippen molar-refractivity contribution in [2.24, 2.45) is 4.99 Å². The van der Waals surface area contributed by atoms with Crippen molar-refractivity contribution in [2.75, 3.05) is 6.26 Å². The number of hydroxylamine groups is 2. The molecule has 2 N–H and O–H groups in total. The van der Waals surface area contributed by atoms with Gasteiger partial charge in [-0.25, -0.2) is 5.06 Å². The quantitative estimate of drug-likeness (QED) is 0.362. The molecule has 0 aliphatic heterocycles. The first-order valence-electron chi connectivity index (χ1n) is 4.47. The average molecular weight is 240 g/mol. The fourth-order valence-electron chi connectivity index (χ4n) is 1.11. The van der Waals surface area contributed by atoms with E-state index in [4.69, 9.17) is 5.11 Å². The molecule has 1 aromatic carbocycles. The van der Waals surface area contributed by atoms with E-state index in [9.17, 15) is 10.0 Å². The molecule has 1 rings (SSSR count). The van der Waals surface area contributed by atoms with Gasteiger partial charge in [0.2, 0.25) is 6.41 Å². The average Bonchev–Trinajstić information content (AvgIpc) is 2.29. The zero-order chi connectivity index (χ0) is 12.0. The Morgan fingerprint density at radius 3 is 2.62 bits per heavy atom. The first-order chi connectivity index (χ1) is 7.67. The Hall–Kier alpha value is -1.53. The Kier molecular flexibility index (Phi) is 4.81. The van der Waals surface area contributed by atoms with Gasteiger partial charge in [-0.3, -0.25) is 10.0 Å². The number of nitrogens with zero attached hydrogens (tertiary/aromatic N) is 2. The van der Waals surface area contributed by atoms with Crippen molar-refractivity contribution >= 4 is 23.3 Å². The minimum absolute atomic E-state index is 0.167. The van der Waals surface area contributed by atoms with Crippen LogP contribution in [0.4, 0.5) is 0 Å². The van der Waals surface area contributed by atoms with Crippen LogP contribution in [-0.2, 0) is 11.3 Å². The summed E-state index contributed by atoms with van der Waals surface area (Å²) in [6.45, 7) is 0.202. The number of hydrogen-bond acceptors (Lipinski definition) is 4. The molecule has 0 bridgehead atoms. The first-order valence-corrected chi connectivity index (χ1v) is 5.69. The van der Waals surface area contributed by atoms with Gasteiger partial charge in [-0.15, -0.1) is 0 Å². The van der Waals surface area contributed by atoms with Gasteiger partial charge in [0.1, 0.15) is 5.75 Å². The third-order valence-corrected chi connectivity index (χ3v) is 2.52. The summed E-state index contributed by atoms with van der Waals surface area (Å²) in [6.07, 6.45) is 2.09. The maximum Gasteiger partial charge on any atom is 0.235 e. The van der Waals surface area contributed by atoms with Crippen LogP contribution in [0.1, 0.15) is 5.56 Å². The zero-order valence-electron chi connectivity index (χ0n) is 8.70. The number of aromatic hydroxyl groups is 1. The minimum Gasteiger partial charge on any atom is -0.508 e. The summed E-state index contributed by atoms with van der Waals surface area (Å²) in [6, 6.07) is 6.41. The summed E-state index contributed by atoms with van der Waals surface area (Å²) >= 11 is 1.17. The summed E-state index contributed by atoms with van der Waals surface area (Å²) in [4.78, 5) is 13.7. The number of carbonyl (C=O) groups is 1. The number of rotatable bonds is 3. The fraction of sp³-hybridized carbons (Fsp3) is 0.200. The molecule has 16 heavy (non-hydrogen) atoms. The molecule has 0 saturated heterocycles. The standard InChI is InChI=1S/C10H12N2O3S/c1-16-10(11-7-13)12(15)6-8-2-4-9(14)5-3-8/h2-5,7,14-15H,6H2,1H3. The summed E-state index contributed by atoms with van der Waals surface area (Å²) in [5, 5.41) is 19.8. The molecule has 0 spiro atoms. The molecular weight excluding hydrogens is 228 g/mol. The highest BCUT2D eigenvalue weighted by Gasteiger charge is 2.07. The molecule has 0 saturated carbocycles. The van der Waals surface area contributed by atoms with Crippen LogP contribution in [0.2, 0.25) is 0 Å². The largest absolute Gasteiger partial charge is 0.508 e.